The second-order valence-electron chi connectivity index (χ2n) is 12.6. The molecule has 0 radical (unpaired) electrons. The number of nitrogens with one attached hydrogen (secondary N) is 3. The molecule has 0 amide bonds. The van der Waals surface area contributed by atoms with Gasteiger partial charge in [0.2, 0.25) is 0 Å². The first-order chi connectivity index (χ1) is 26.6. The van der Waals surface area contributed by atoms with Crippen LogP contribution in [0.1, 0.15) is 38.2 Å². The largest absolute Gasteiger partial charge is 1.00 e. The molecule has 2 aliphatic heterocycles. The van der Waals surface area contributed by atoms with Crippen molar-refractivity contribution in [2.75, 3.05) is 40.5 Å². The number of benzene rings is 4. The summed E-state index contributed by atoms with van der Waals surface area (Å²) in [4.78, 5) is 13.5. The first kappa shape index (κ1) is 55.1. The van der Waals surface area contributed by atoms with E-state index in [1.807, 2.05) is 48.5 Å². The van der Waals surface area contributed by atoms with Crippen molar-refractivity contribution >= 4 is 33.8 Å². The van der Waals surface area contributed by atoms with Crippen LogP contribution in [0.4, 0.5) is 11.4 Å². The van der Waals surface area contributed by atoms with Gasteiger partial charge in [0.1, 0.15) is 11.5 Å². The van der Waals surface area contributed by atoms with Crippen LogP contribution in [0.5, 0.6) is 11.5 Å². The average Bonchev–Trinajstić information content (AvgIpc) is 3.93. The van der Waals surface area contributed by atoms with Crippen molar-refractivity contribution in [3.8, 4) is 33.8 Å². The van der Waals surface area contributed by atoms with Gasteiger partial charge >= 0.3 is 138 Å². The minimum Gasteiger partial charge on any atom is -1.00 e. The number of rotatable bonds is 12. The molecule has 18 heteroatoms. The fraction of sp³-hybridized carbons (Fsp3) is 0.359. The van der Waals surface area contributed by atoms with E-state index in [2.05, 4.69) is 31.0 Å². The normalized spacial score (nSPS) is 16.7. The van der Waals surface area contributed by atoms with Crippen molar-refractivity contribution in [1.82, 2.24) is 10.2 Å². The van der Waals surface area contributed by atoms with Crippen LogP contribution in [-0.4, -0.2) is 84.6 Å². The number of aliphatic hydroxyl groups excluding tert-OH is 2. The van der Waals surface area contributed by atoms with E-state index in [4.69, 9.17) is 29.8 Å². The molecule has 2 unspecified atom stereocenters. The summed E-state index contributed by atoms with van der Waals surface area (Å²) in [5.74, 6) is 1.44. The Morgan fingerprint density at radius 1 is 0.825 bits per heavy atom. The predicted molar refractivity (Wildman–Crippen MR) is 208 cm³/mol. The van der Waals surface area contributed by atoms with Crippen LogP contribution in [0, 0.1) is 10.4 Å². The van der Waals surface area contributed by atoms with Crippen molar-refractivity contribution < 1.29 is 195 Å². The number of carbonyl (C=O) groups is 1. The fourth-order valence-electron chi connectivity index (χ4n) is 6.24. The van der Waals surface area contributed by atoms with Crippen LogP contribution in [-0.2, 0) is 21.6 Å². The number of alkyl halides is 1. The van der Waals surface area contributed by atoms with E-state index in [0.29, 0.717) is 18.4 Å². The minimum absolute atomic E-state index is 0. The number of ether oxygens (including phenoxy) is 2. The van der Waals surface area contributed by atoms with Crippen LogP contribution in [0.15, 0.2) is 84.9 Å². The maximum absolute atomic E-state index is 11.2. The minimum atomic E-state index is -0.945. The molecule has 4 atom stereocenters. The average molecular weight is 1100 g/mol. The fourth-order valence-corrected chi connectivity index (χ4v) is 6.59. The molecular weight excluding hydrogens is 1050 g/mol. The van der Waals surface area contributed by atoms with E-state index < -0.39 is 10.5 Å². The van der Waals surface area contributed by atoms with Gasteiger partial charge < -0.3 is 47.0 Å². The zero-order valence-electron chi connectivity index (χ0n) is 33.9. The predicted octanol–water partition coefficient (Wildman–Crippen LogP) is -3.33. The molecule has 2 aliphatic rings. The molecule has 0 bridgehead atoms. The molecule has 15 nitrogen and oxygen atoms in total. The standard InChI is InChI=1S/C19H24N2O4.C14H14BrNO3.C5H11NO.CH2O3.2Cs.H/c1-25-19-8-7-14(12-20-9-3-6-17(20)13-22)10-18(19)15-4-2-5-16(11-15)21(23)24;1-19-14-6-5-10(9-15)7-13(14)11-3-2-4-12(8-11)16(17)18;7-4-5-2-1-3-6-5;2-1-4-3;;;/h2,4-5,7-8,10-11,17,21-23H,3,6,9,12-13H2,1H3;2-8,16-17H,9H2,1H3;5-7H,1-4H2;1,3H;;;/q;;;;2*+1;-1/p-1/t17-;;5-;;;;/m0.0..../s1. The zero-order valence-corrected chi connectivity index (χ0v) is 47.0. The summed E-state index contributed by atoms with van der Waals surface area (Å²) in [6.45, 7) is 3.15. The van der Waals surface area contributed by atoms with E-state index in [0.717, 1.165) is 83.4 Å². The zero-order chi connectivity index (χ0) is 40.2. The second kappa shape index (κ2) is 31.0. The Balaban J connectivity index is 0.000000869. The molecule has 2 heterocycles. The van der Waals surface area contributed by atoms with E-state index in [1.54, 1.807) is 50.6 Å². The summed E-state index contributed by atoms with van der Waals surface area (Å²) < 4.78 is 10.8. The van der Waals surface area contributed by atoms with Crippen LogP contribution in [0.25, 0.3) is 22.3 Å². The quantitative estimate of drug-likeness (QED) is 0.0320. The summed E-state index contributed by atoms with van der Waals surface area (Å²) in [7, 11) is 3.22. The van der Waals surface area contributed by atoms with Gasteiger partial charge in [0.15, 0.2) is 11.4 Å². The van der Waals surface area contributed by atoms with Gasteiger partial charge in [0.25, 0.3) is 6.47 Å². The SMILES string of the molecule is COc1ccc(CBr)cc1-c1cccc([NH+]([O-])O)c1.COc1ccc(CN2CCC[C@H]2CO)cc1-c1cccc([NH+]([O-])O)c1.O=CO[O-].OC[C@@H]1CCCN1.[Cs+].[Cs+].[H-]. The molecule has 0 saturated carbocycles. The van der Waals surface area contributed by atoms with Gasteiger partial charge in [0, 0.05) is 59.4 Å². The van der Waals surface area contributed by atoms with Gasteiger partial charge in [-0.3, -0.25) is 9.69 Å². The van der Waals surface area contributed by atoms with E-state index in [9.17, 15) is 20.7 Å². The molecule has 0 spiro atoms. The molecule has 4 aromatic rings. The first-order valence-corrected chi connectivity index (χ1v) is 18.7. The topological polar surface area (TPSA) is 219 Å². The maximum atomic E-state index is 11.2. The summed E-state index contributed by atoms with van der Waals surface area (Å²) in [6.07, 6.45) is 4.51. The van der Waals surface area contributed by atoms with Gasteiger partial charge in [0.05, 0.1) is 27.4 Å². The number of halogens is 1. The molecule has 4 aromatic carbocycles. The summed E-state index contributed by atoms with van der Waals surface area (Å²) >= 11 is 3.41. The van der Waals surface area contributed by atoms with E-state index >= 15 is 0 Å². The molecule has 302 valence electrons. The van der Waals surface area contributed by atoms with Crippen molar-refractivity contribution in [3.05, 3.63) is 106 Å². The molecule has 57 heavy (non-hydrogen) atoms. The van der Waals surface area contributed by atoms with Crippen molar-refractivity contribution in [1.29, 1.82) is 0 Å². The third kappa shape index (κ3) is 18.5. The van der Waals surface area contributed by atoms with Crippen LogP contribution < -0.4 is 168 Å². The Morgan fingerprint density at radius 3 is 1.75 bits per heavy atom. The molecule has 0 aromatic heterocycles. The van der Waals surface area contributed by atoms with E-state index in [1.165, 1.54) is 6.42 Å². The number of likely N-dealkylation sites (tertiary alicyclic amines) is 1. The molecule has 6 rings (SSSR count). The van der Waals surface area contributed by atoms with Crippen molar-refractivity contribution in [3.63, 3.8) is 0 Å². The number of nitrogens with zero attached hydrogens (tertiary/aromatic N) is 1. The summed E-state index contributed by atoms with van der Waals surface area (Å²) in [5.41, 5.74) is 6.17. The number of quaternary nitrogens is 2. The molecule has 2 saturated heterocycles. The van der Waals surface area contributed by atoms with Crippen LogP contribution in [0.2, 0.25) is 0 Å². The van der Waals surface area contributed by atoms with Gasteiger partial charge in [-0.05, 0) is 85.3 Å². The molecular formula is C39H51BrCs2N4O11. The number of aliphatic hydroxyl groups is 2. The summed E-state index contributed by atoms with van der Waals surface area (Å²) in [5, 5.41) is 69.0. The Morgan fingerprint density at radius 2 is 1.35 bits per heavy atom. The van der Waals surface area contributed by atoms with Crippen LogP contribution >= 0.6 is 15.9 Å². The molecule has 0 aliphatic carbocycles. The third-order valence-corrected chi connectivity index (χ3v) is 9.69. The van der Waals surface area contributed by atoms with Crippen molar-refractivity contribution in [2.24, 2.45) is 0 Å². The van der Waals surface area contributed by atoms with Crippen LogP contribution in [0.3, 0.4) is 0 Å². The number of hydrogen-bond acceptors (Lipinski definition) is 13. The molecule has 7 N–H and O–H groups in total. The Hall–Kier alpha value is 0.0939. The first-order valence-electron chi connectivity index (χ1n) is 17.6. The Labute approximate surface area is 461 Å². The molecule has 2 fully saturated rings. The number of carbonyl (C=O) groups excluding carboxylic acids is 1. The van der Waals surface area contributed by atoms with Gasteiger partial charge in [-0.15, -0.1) is 0 Å². The monoisotopic (exact) mass is 1100 g/mol. The maximum Gasteiger partial charge on any atom is 1.00 e. The van der Waals surface area contributed by atoms with Crippen molar-refractivity contribution in [2.45, 2.75) is 49.6 Å². The van der Waals surface area contributed by atoms with E-state index in [-0.39, 0.29) is 170 Å². The van der Waals surface area contributed by atoms with Gasteiger partial charge in [-0.1, -0.05) is 52.3 Å². The number of hydrogen-bond donors (Lipinski definition) is 7. The number of methoxy groups -OCH3 is 2. The third-order valence-electron chi connectivity index (χ3n) is 9.04. The van der Waals surface area contributed by atoms with Gasteiger partial charge in [-0.2, -0.15) is 10.5 Å². The Bertz CT molecular complexity index is 1750. The summed E-state index contributed by atoms with van der Waals surface area (Å²) in [6, 6.07) is 26.2. The Kier molecular flexibility index (Phi) is 30.0. The van der Waals surface area contributed by atoms with Gasteiger partial charge in [-0.25, -0.2) is 10.4 Å². The second-order valence-corrected chi connectivity index (χ2v) is 13.2. The smallest absolute Gasteiger partial charge is 1.00 e.